The van der Waals surface area contributed by atoms with Gasteiger partial charge in [-0.3, -0.25) is 19.9 Å². The summed E-state index contributed by atoms with van der Waals surface area (Å²) in [5.74, 6) is -0.464. The molecule has 1 aliphatic rings. The van der Waals surface area contributed by atoms with E-state index in [2.05, 4.69) is 20.3 Å². The molecule has 10 nitrogen and oxygen atoms in total. The molecule has 0 fully saturated rings. The fourth-order valence-corrected chi connectivity index (χ4v) is 4.50. The molecule has 1 aliphatic heterocycles. The minimum atomic E-state index is -0.735. The molecule has 0 bridgehead atoms. The van der Waals surface area contributed by atoms with Gasteiger partial charge in [0, 0.05) is 29.8 Å². The van der Waals surface area contributed by atoms with Gasteiger partial charge in [-0.2, -0.15) is 0 Å². The molecular weight excluding hydrogens is 458 g/mol. The SMILES string of the molecule is CCOC(=O)C1=C(C)Nc2nc(SCc3ccc([N+](=O)[O-])cc3)[nH]c(=O)c2C1c1ccccn1. The van der Waals surface area contributed by atoms with Gasteiger partial charge in [-0.25, -0.2) is 9.78 Å². The average Bonchev–Trinajstić information content (AvgIpc) is 2.82. The molecule has 3 aromatic rings. The van der Waals surface area contributed by atoms with Gasteiger partial charge < -0.3 is 15.0 Å². The Hall–Kier alpha value is -3.99. The fourth-order valence-electron chi connectivity index (χ4n) is 3.69. The first-order valence-electron chi connectivity index (χ1n) is 10.4. The molecule has 1 unspecified atom stereocenters. The van der Waals surface area contributed by atoms with Crippen molar-refractivity contribution < 1.29 is 14.5 Å². The van der Waals surface area contributed by atoms with E-state index in [9.17, 15) is 19.7 Å². The number of aromatic nitrogens is 3. The van der Waals surface area contributed by atoms with Crippen LogP contribution >= 0.6 is 11.8 Å². The number of ether oxygens (including phenoxy) is 1. The number of anilines is 1. The molecule has 11 heteroatoms. The summed E-state index contributed by atoms with van der Waals surface area (Å²) in [5.41, 5.74) is 2.12. The van der Waals surface area contributed by atoms with Crippen LogP contribution in [0.2, 0.25) is 0 Å². The molecule has 0 saturated carbocycles. The number of carbonyl (C=O) groups excluding carboxylic acids is 1. The largest absolute Gasteiger partial charge is 0.463 e. The zero-order valence-electron chi connectivity index (χ0n) is 18.4. The number of benzene rings is 1. The quantitative estimate of drug-likeness (QED) is 0.170. The van der Waals surface area contributed by atoms with Gasteiger partial charge in [0.2, 0.25) is 0 Å². The highest BCUT2D eigenvalue weighted by atomic mass is 32.2. The van der Waals surface area contributed by atoms with Crippen LogP contribution in [0.25, 0.3) is 0 Å². The van der Waals surface area contributed by atoms with Crippen LogP contribution in [0.1, 0.15) is 36.6 Å². The number of allylic oxidation sites excluding steroid dienone is 1. The van der Waals surface area contributed by atoms with Crippen molar-refractivity contribution in [3.8, 4) is 0 Å². The van der Waals surface area contributed by atoms with Crippen molar-refractivity contribution in [1.82, 2.24) is 15.0 Å². The molecule has 1 aromatic carbocycles. The lowest BCUT2D eigenvalue weighted by atomic mass is 9.85. The van der Waals surface area contributed by atoms with Crippen LogP contribution in [-0.2, 0) is 15.3 Å². The Balaban J connectivity index is 1.68. The minimum absolute atomic E-state index is 0.0125. The maximum Gasteiger partial charge on any atom is 0.336 e. The lowest BCUT2D eigenvalue weighted by molar-refractivity contribution is -0.384. The van der Waals surface area contributed by atoms with Crippen LogP contribution in [0.15, 0.2) is 69.9 Å². The van der Waals surface area contributed by atoms with Crippen LogP contribution in [0, 0.1) is 10.1 Å². The number of non-ortho nitro benzene ring substituents is 1. The first kappa shape index (κ1) is 23.2. The van der Waals surface area contributed by atoms with Gasteiger partial charge in [-0.1, -0.05) is 30.0 Å². The number of nitro benzene ring substituents is 1. The standard InChI is InChI=1S/C23H21N5O5S/c1-3-33-22(30)17-13(2)25-20-19(18(17)16-6-4-5-11-24-16)21(29)27-23(26-20)34-12-14-7-9-15(10-8-14)28(31)32/h4-11,18H,3,12H2,1-2H3,(H2,25,26,27,29). The number of hydrogen-bond acceptors (Lipinski definition) is 9. The van der Waals surface area contributed by atoms with Gasteiger partial charge in [-0.15, -0.1) is 0 Å². The molecule has 0 amide bonds. The summed E-state index contributed by atoms with van der Waals surface area (Å²) in [5, 5.41) is 14.3. The first-order chi connectivity index (χ1) is 16.4. The maximum atomic E-state index is 13.2. The number of esters is 1. The third kappa shape index (κ3) is 4.69. The zero-order chi connectivity index (χ0) is 24.2. The molecule has 34 heavy (non-hydrogen) atoms. The Bertz CT molecular complexity index is 1320. The van der Waals surface area contributed by atoms with E-state index < -0.39 is 22.4 Å². The minimum Gasteiger partial charge on any atom is -0.463 e. The highest BCUT2D eigenvalue weighted by Crippen LogP contribution is 2.39. The molecule has 3 heterocycles. The summed E-state index contributed by atoms with van der Waals surface area (Å²) in [6.07, 6.45) is 1.60. The smallest absolute Gasteiger partial charge is 0.336 e. The van der Waals surface area contributed by atoms with Crippen LogP contribution in [0.3, 0.4) is 0 Å². The molecule has 4 rings (SSSR count). The lowest BCUT2D eigenvalue weighted by Gasteiger charge is -2.28. The second-order valence-electron chi connectivity index (χ2n) is 7.42. The van der Waals surface area contributed by atoms with E-state index in [1.54, 1.807) is 50.4 Å². The highest BCUT2D eigenvalue weighted by molar-refractivity contribution is 7.98. The number of thioether (sulfide) groups is 1. The van der Waals surface area contributed by atoms with Crippen molar-refractivity contribution in [2.75, 3.05) is 11.9 Å². The molecule has 0 radical (unpaired) electrons. The molecule has 2 aromatic heterocycles. The number of aromatic amines is 1. The maximum absolute atomic E-state index is 13.2. The average molecular weight is 480 g/mol. The van der Waals surface area contributed by atoms with Gasteiger partial charge in [0.05, 0.1) is 34.3 Å². The topological polar surface area (TPSA) is 140 Å². The molecule has 0 spiro atoms. The predicted octanol–water partition coefficient (Wildman–Crippen LogP) is 3.76. The third-order valence-corrected chi connectivity index (χ3v) is 6.17. The van der Waals surface area contributed by atoms with Crippen molar-refractivity contribution in [1.29, 1.82) is 0 Å². The van der Waals surface area contributed by atoms with Gasteiger partial charge in [0.25, 0.3) is 11.2 Å². The number of pyridine rings is 1. The summed E-state index contributed by atoms with van der Waals surface area (Å²) in [6.45, 7) is 3.65. The summed E-state index contributed by atoms with van der Waals surface area (Å²) in [6, 6.07) is 11.5. The van der Waals surface area contributed by atoms with E-state index in [1.165, 1.54) is 23.9 Å². The second kappa shape index (κ2) is 9.87. The Morgan fingerprint density at radius 1 is 1.24 bits per heavy atom. The van der Waals surface area contributed by atoms with E-state index in [1.807, 2.05) is 0 Å². The molecule has 1 atom stereocenters. The van der Waals surface area contributed by atoms with Crippen LogP contribution < -0.4 is 10.9 Å². The Morgan fingerprint density at radius 3 is 2.65 bits per heavy atom. The first-order valence-corrected chi connectivity index (χ1v) is 11.4. The lowest BCUT2D eigenvalue weighted by Crippen LogP contribution is -2.31. The molecule has 174 valence electrons. The van der Waals surface area contributed by atoms with E-state index in [0.29, 0.717) is 33.7 Å². The number of carbonyl (C=O) groups is 1. The predicted molar refractivity (Wildman–Crippen MR) is 127 cm³/mol. The third-order valence-electron chi connectivity index (χ3n) is 5.22. The Labute approximate surface area is 198 Å². The van der Waals surface area contributed by atoms with Crippen LogP contribution in [-0.4, -0.2) is 32.5 Å². The van der Waals surface area contributed by atoms with E-state index in [4.69, 9.17) is 4.74 Å². The number of nitrogens with one attached hydrogen (secondary N) is 2. The summed E-state index contributed by atoms with van der Waals surface area (Å²) >= 11 is 1.29. The Morgan fingerprint density at radius 2 is 2.00 bits per heavy atom. The number of rotatable bonds is 7. The summed E-state index contributed by atoms with van der Waals surface area (Å²) in [7, 11) is 0. The fraction of sp³-hybridized carbons (Fsp3) is 0.217. The zero-order valence-corrected chi connectivity index (χ0v) is 19.2. The number of nitrogens with zero attached hydrogens (tertiary/aromatic N) is 3. The van der Waals surface area contributed by atoms with Crippen molar-refractivity contribution >= 4 is 29.2 Å². The van der Waals surface area contributed by atoms with Crippen LogP contribution in [0.4, 0.5) is 11.5 Å². The van der Waals surface area contributed by atoms with Gasteiger partial charge >= 0.3 is 5.97 Å². The van der Waals surface area contributed by atoms with E-state index in [0.717, 1.165) is 5.56 Å². The van der Waals surface area contributed by atoms with E-state index in [-0.39, 0.29) is 17.9 Å². The van der Waals surface area contributed by atoms with Gasteiger partial charge in [0.1, 0.15) is 5.82 Å². The van der Waals surface area contributed by atoms with Gasteiger partial charge in [0.15, 0.2) is 5.16 Å². The van der Waals surface area contributed by atoms with Crippen molar-refractivity contribution in [2.45, 2.75) is 30.7 Å². The van der Waals surface area contributed by atoms with E-state index >= 15 is 0 Å². The summed E-state index contributed by atoms with van der Waals surface area (Å²) in [4.78, 5) is 48.1. The molecular formula is C23H21N5O5S. The number of nitro groups is 1. The molecule has 0 saturated heterocycles. The van der Waals surface area contributed by atoms with Crippen LogP contribution in [0.5, 0.6) is 0 Å². The highest BCUT2D eigenvalue weighted by Gasteiger charge is 2.37. The monoisotopic (exact) mass is 479 g/mol. The van der Waals surface area contributed by atoms with Gasteiger partial charge in [-0.05, 0) is 31.5 Å². The Kier molecular flexibility index (Phi) is 6.73. The van der Waals surface area contributed by atoms with Crippen molar-refractivity contribution in [2.24, 2.45) is 0 Å². The van der Waals surface area contributed by atoms with Crippen molar-refractivity contribution in [3.63, 3.8) is 0 Å². The normalized spacial score (nSPS) is 14.8. The summed E-state index contributed by atoms with van der Waals surface area (Å²) < 4.78 is 5.25. The number of H-pyrrole nitrogens is 1. The van der Waals surface area contributed by atoms with Crippen molar-refractivity contribution in [3.05, 3.63) is 97.2 Å². The number of hydrogen-bond donors (Lipinski definition) is 2. The molecule has 0 aliphatic carbocycles. The number of fused-ring (bicyclic) bond motifs is 1. The second-order valence-corrected chi connectivity index (χ2v) is 8.38. The molecule has 2 N–H and O–H groups in total.